The van der Waals surface area contributed by atoms with Crippen LogP contribution in [0.4, 0.5) is 0 Å². The molecule has 1 unspecified atom stereocenters. The van der Waals surface area contributed by atoms with Crippen LogP contribution in [-0.4, -0.2) is 12.6 Å². The van der Waals surface area contributed by atoms with Gasteiger partial charge in [-0.2, -0.15) is 0 Å². The molecule has 1 aliphatic rings. The van der Waals surface area contributed by atoms with Gasteiger partial charge in [0.15, 0.2) is 0 Å². The molecule has 1 atom stereocenters. The summed E-state index contributed by atoms with van der Waals surface area (Å²) >= 11 is 0. The maximum atomic E-state index is 8.24. The van der Waals surface area contributed by atoms with Crippen molar-refractivity contribution in [1.29, 1.82) is 0 Å². The van der Waals surface area contributed by atoms with Gasteiger partial charge in [-0.15, -0.1) is 0 Å². The van der Waals surface area contributed by atoms with E-state index in [4.69, 9.17) is 10.3 Å². The number of hydrogen-bond donors (Lipinski definition) is 0. The molecule has 1 aromatic carbocycles. The van der Waals surface area contributed by atoms with Crippen molar-refractivity contribution in [3.8, 4) is 5.75 Å². The molecule has 0 saturated carbocycles. The van der Waals surface area contributed by atoms with E-state index >= 15 is 0 Å². The number of hydrogen-bond acceptors (Lipinski definition) is 2. The van der Waals surface area contributed by atoms with Crippen LogP contribution in [0.3, 0.4) is 0 Å². The summed E-state index contributed by atoms with van der Waals surface area (Å²) in [4.78, 5) is 2.75. The maximum Gasteiger partial charge on any atom is 0.123 e. The number of ether oxygens (including phenoxy) is 1. The van der Waals surface area contributed by atoms with Crippen molar-refractivity contribution >= 4 is 0 Å². The van der Waals surface area contributed by atoms with E-state index in [1.807, 2.05) is 13.0 Å². The van der Waals surface area contributed by atoms with Gasteiger partial charge < -0.3 is 4.74 Å². The third-order valence-corrected chi connectivity index (χ3v) is 2.60. The number of benzene rings is 1. The molecule has 0 spiro atoms. The van der Waals surface area contributed by atoms with E-state index in [1.165, 1.54) is 11.1 Å². The second-order valence-corrected chi connectivity index (χ2v) is 3.80. The average molecular weight is 203 g/mol. The second kappa shape index (κ2) is 4.24. The molecule has 1 aliphatic heterocycles. The van der Waals surface area contributed by atoms with Crippen LogP contribution in [0, 0.1) is 6.92 Å². The van der Waals surface area contributed by atoms with Gasteiger partial charge in [-0.25, -0.2) is 0 Å². The Balaban J connectivity index is 2.14. The minimum absolute atomic E-state index is 0.0372. The first-order valence-corrected chi connectivity index (χ1v) is 5.06. The summed E-state index contributed by atoms with van der Waals surface area (Å²) in [6.07, 6.45) is 1.96. The second-order valence-electron chi connectivity index (χ2n) is 3.80. The smallest absolute Gasteiger partial charge is 0.123 e. The first kappa shape index (κ1) is 9.87. The molecule has 78 valence electrons. The maximum absolute atomic E-state index is 8.24. The summed E-state index contributed by atoms with van der Waals surface area (Å²) in [6.45, 7) is 2.46. The van der Waals surface area contributed by atoms with Crippen LogP contribution in [0.15, 0.2) is 23.3 Å². The highest BCUT2D eigenvalue weighted by Crippen LogP contribution is 2.28. The third-order valence-electron chi connectivity index (χ3n) is 2.60. The standard InChI is InChI=1S/C11H13N3O/c1-8-2-3-9-4-5-10(7-13-14-12)15-11(9)6-8/h2-3,6,10H,4-5,7H2,1H3. The zero-order valence-corrected chi connectivity index (χ0v) is 8.68. The van der Waals surface area contributed by atoms with Crippen LogP contribution in [0.1, 0.15) is 17.5 Å². The number of aryl methyl sites for hydroxylation is 2. The molecule has 0 aromatic heterocycles. The van der Waals surface area contributed by atoms with E-state index in [0.29, 0.717) is 6.54 Å². The molecular formula is C11H13N3O. The van der Waals surface area contributed by atoms with Crippen molar-refractivity contribution in [2.45, 2.75) is 25.9 Å². The van der Waals surface area contributed by atoms with E-state index in [2.05, 4.69) is 22.2 Å². The Morgan fingerprint density at radius 1 is 1.60 bits per heavy atom. The highest BCUT2D eigenvalue weighted by atomic mass is 16.5. The van der Waals surface area contributed by atoms with Crippen LogP contribution in [0.5, 0.6) is 5.75 Å². The Hall–Kier alpha value is -1.67. The molecule has 0 bridgehead atoms. The van der Waals surface area contributed by atoms with Gasteiger partial charge >= 0.3 is 0 Å². The highest BCUT2D eigenvalue weighted by Gasteiger charge is 2.18. The van der Waals surface area contributed by atoms with Crippen LogP contribution in [0.25, 0.3) is 10.4 Å². The Kier molecular flexibility index (Phi) is 2.79. The van der Waals surface area contributed by atoms with E-state index in [-0.39, 0.29) is 6.10 Å². The quantitative estimate of drug-likeness (QED) is 0.414. The minimum Gasteiger partial charge on any atom is -0.490 e. The minimum atomic E-state index is 0.0372. The molecule has 0 saturated heterocycles. The topological polar surface area (TPSA) is 58.0 Å². The van der Waals surface area contributed by atoms with Gasteiger partial charge in [0.25, 0.3) is 0 Å². The molecule has 1 aromatic rings. The Labute approximate surface area is 88.5 Å². The fourth-order valence-corrected chi connectivity index (χ4v) is 1.79. The van der Waals surface area contributed by atoms with E-state index in [9.17, 15) is 0 Å². The van der Waals surface area contributed by atoms with Gasteiger partial charge in [0.05, 0.1) is 6.54 Å². The highest BCUT2D eigenvalue weighted by molar-refractivity contribution is 5.38. The van der Waals surface area contributed by atoms with Crippen molar-refractivity contribution in [1.82, 2.24) is 0 Å². The van der Waals surface area contributed by atoms with Gasteiger partial charge in [0, 0.05) is 4.91 Å². The van der Waals surface area contributed by atoms with Gasteiger partial charge in [0.1, 0.15) is 11.9 Å². The summed E-state index contributed by atoms with van der Waals surface area (Å²) in [7, 11) is 0. The molecule has 0 amide bonds. The van der Waals surface area contributed by atoms with Gasteiger partial charge in [-0.05, 0) is 42.5 Å². The predicted octanol–water partition coefficient (Wildman–Crippen LogP) is 3.00. The normalized spacial score (nSPS) is 18.6. The number of nitrogens with zero attached hydrogens (tertiary/aromatic N) is 3. The van der Waals surface area contributed by atoms with Crippen LogP contribution >= 0.6 is 0 Å². The van der Waals surface area contributed by atoms with Crippen LogP contribution in [0.2, 0.25) is 0 Å². The molecule has 0 radical (unpaired) electrons. The lowest BCUT2D eigenvalue weighted by Crippen LogP contribution is -2.25. The summed E-state index contributed by atoms with van der Waals surface area (Å²) in [5.74, 6) is 0.944. The molecule has 2 rings (SSSR count). The Morgan fingerprint density at radius 2 is 2.47 bits per heavy atom. The van der Waals surface area contributed by atoms with E-state index in [0.717, 1.165) is 18.6 Å². The number of azide groups is 1. The summed E-state index contributed by atoms with van der Waals surface area (Å²) in [6, 6.07) is 6.24. The Morgan fingerprint density at radius 3 is 3.27 bits per heavy atom. The monoisotopic (exact) mass is 203 g/mol. The molecule has 0 N–H and O–H groups in total. The lowest BCUT2D eigenvalue weighted by molar-refractivity contribution is 0.181. The molecule has 1 heterocycles. The van der Waals surface area contributed by atoms with Crippen LogP contribution < -0.4 is 4.74 Å². The number of rotatable bonds is 2. The van der Waals surface area contributed by atoms with Crippen molar-refractivity contribution in [3.63, 3.8) is 0 Å². The van der Waals surface area contributed by atoms with Crippen molar-refractivity contribution in [3.05, 3.63) is 39.8 Å². The summed E-state index contributed by atoms with van der Waals surface area (Å²) in [5.41, 5.74) is 10.7. The zero-order chi connectivity index (χ0) is 10.7. The molecule has 4 nitrogen and oxygen atoms in total. The first-order chi connectivity index (χ1) is 7.29. The first-order valence-electron chi connectivity index (χ1n) is 5.06. The molecule has 0 fully saturated rings. The van der Waals surface area contributed by atoms with Gasteiger partial charge in [-0.3, -0.25) is 0 Å². The Bertz CT molecular complexity index is 410. The fourth-order valence-electron chi connectivity index (χ4n) is 1.79. The zero-order valence-electron chi connectivity index (χ0n) is 8.68. The van der Waals surface area contributed by atoms with Gasteiger partial charge in [0.2, 0.25) is 0 Å². The number of fused-ring (bicyclic) bond motifs is 1. The summed E-state index contributed by atoms with van der Waals surface area (Å²) < 4.78 is 5.75. The third kappa shape index (κ3) is 2.22. The van der Waals surface area contributed by atoms with E-state index in [1.54, 1.807) is 0 Å². The fraction of sp³-hybridized carbons (Fsp3) is 0.455. The largest absolute Gasteiger partial charge is 0.490 e. The SMILES string of the molecule is Cc1ccc2c(c1)OC(CN=[N+]=[N-])CC2. The molecule has 0 aliphatic carbocycles. The van der Waals surface area contributed by atoms with Gasteiger partial charge in [-0.1, -0.05) is 17.2 Å². The molecule has 15 heavy (non-hydrogen) atoms. The lowest BCUT2D eigenvalue weighted by Gasteiger charge is -2.25. The molecular weight excluding hydrogens is 190 g/mol. The lowest BCUT2D eigenvalue weighted by atomic mass is 10.0. The average Bonchev–Trinajstić information content (AvgIpc) is 2.25. The predicted molar refractivity (Wildman–Crippen MR) is 57.9 cm³/mol. The van der Waals surface area contributed by atoms with Crippen LogP contribution in [-0.2, 0) is 6.42 Å². The van der Waals surface area contributed by atoms with Crippen molar-refractivity contribution in [2.75, 3.05) is 6.54 Å². The van der Waals surface area contributed by atoms with Crippen molar-refractivity contribution < 1.29 is 4.74 Å². The molecule has 4 heteroatoms. The van der Waals surface area contributed by atoms with E-state index < -0.39 is 0 Å². The van der Waals surface area contributed by atoms with Crippen molar-refractivity contribution in [2.24, 2.45) is 5.11 Å². The summed E-state index contributed by atoms with van der Waals surface area (Å²) in [5, 5.41) is 3.55.